The second-order valence-electron chi connectivity index (χ2n) is 3.08. The topological polar surface area (TPSA) is 32.3 Å². The van der Waals surface area contributed by atoms with E-state index in [9.17, 15) is 9.50 Å². The van der Waals surface area contributed by atoms with Crippen molar-refractivity contribution in [1.82, 2.24) is 5.32 Å². The van der Waals surface area contributed by atoms with Crippen molar-refractivity contribution in [2.24, 2.45) is 0 Å². The van der Waals surface area contributed by atoms with Crippen molar-refractivity contribution >= 4 is 0 Å². The quantitative estimate of drug-likeness (QED) is 0.742. The Bertz CT molecular complexity index is 288. The molecule has 0 fully saturated rings. The van der Waals surface area contributed by atoms with Crippen LogP contribution in [0.5, 0.6) is 0 Å². The molecule has 2 N–H and O–H groups in total. The molecule has 0 bridgehead atoms. The maximum atomic E-state index is 13.0. The minimum absolute atomic E-state index is 0.271. The summed E-state index contributed by atoms with van der Waals surface area (Å²) in [5.74, 6) is -0.271. The number of hydrogen-bond donors (Lipinski definition) is 2. The Balaban J connectivity index is 2.84. The monoisotopic (exact) mass is 183 g/mol. The number of likely N-dealkylation sites (N-methyl/N-ethyl adjacent to an activating group) is 1. The van der Waals surface area contributed by atoms with Gasteiger partial charge in [0.05, 0.1) is 6.10 Å². The second-order valence-corrected chi connectivity index (χ2v) is 3.08. The molecule has 0 aliphatic rings. The fourth-order valence-electron chi connectivity index (χ4n) is 1.13. The van der Waals surface area contributed by atoms with Crippen molar-refractivity contribution in [3.8, 4) is 0 Å². The Kier molecular flexibility index (Phi) is 3.39. The Morgan fingerprint density at radius 3 is 2.77 bits per heavy atom. The molecule has 0 radical (unpaired) electrons. The van der Waals surface area contributed by atoms with Crippen LogP contribution >= 0.6 is 0 Å². The number of aliphatic hydroxyl groups is 1. The van der Waals surface area contributed by atoms with Gasteiger partial charge in [0.2, 0.25) is 0 Å². The molecule has 0 aliphatic heterocycles. The summed E-state index contributed by atoms with van der Waals surface area (Å²) in [4.78, 5) is 0. The van der Waals surface area contributed by atoms with Gasteiger partial charge in [-0.1, -0.05) is 12.1 Å². The summed E-state index contributed by atoms with van der Waals surface area (Å²) in [7, 11) is 1.74. The Hall–Kier alpha value is -0.930. The number of hydrogen-bond acceptors (Lipinski definition) is 2. The van der Waals surface area contributed by atoms with Crippen molar-refractivity contribution in [3.63, 3.8) is 0 Å². The molecule has 13 heavy (non-hydrogen) atoms. The lowest BCUT2D eigenvalue weighted by atomic mass is 10.1. The molecular weight excluding hydrogens is 169 g/mol. The van der Waals surface area contributed by atoms with Gasteiger partial charge in [0.1, 0.15) is 5.82 Å². The summed E-state index contributed by atoms with van der Waals surface area (Å²) < 4.78 is 13.0. The fraction of sp³-hybridized carbons (Fsp3) is 0.400. The number of nitrogens with one attached hydrogen (secondary N) is 1. The predicted molar refractivity (Wildman–Crippen MR) is 50.0 cm³/mol. The number of halogens is 1. The van der Waals surface area contributed by atoms with Gasteiger partial charge in [0.15, 0.2) is 0 Å². The standard InChI is InChI=1S/C10H14FNO/c1-7-3-4-8(5-9(7)11)10(13)6-12-2/h3-5,10,12-13H,6H2,1-2H3. The zero-order valence-electron chi connectivity index (χ0n) is 7.84. The van der Waals surface area contributed by atoms with Crippen molar-refractivity contribution in [1.29, 1.82) is 0 Å². The van der Waals surface area contributed by atoms with Gasteiger partial charge in [-0.05, 0) is 31.2 Å². The first-order chi connectivity index (χ1) is 6.15. The molecular formula is C10H14FNO. The van der Waals surface area contributed by atoms with E-state index in [2.05, 4.69) is 5.32 Å². The minimum Gasteiger partial charge on any atom is -0.387 e. The Morgan fingerprint density at radius 2 is 2.23 bits per heavy atom. The number of aliphatic hydroxyl groups excluding tert-OH is 1. The third-order valence-corrected chi connectivity index (χ3v) is 1.98. The van der Waals surface area contributed by atoms with E-state index in [0.717, 1.165) is 0 Å². The molecule has 3 heteroatoms. The van der Waals surface area contributed by atoms with Crippen LogP contribution in [-0.4, -0.2) is 18.7 Å². The third-order valence-electron chi connectivity index (χ3n) is 1.98. The SMILES string of the molecule is CNCC(O)c1ccc(C)c(F)c1. The number of benzene rings is 1. The number of aryl methyl sites for hydroxylation is 1. The molecule has 1 unspecified atom stereocenters. The van der Waals surface area contributed by atoms with Crippen LogP contribution in [0.15, 0.2) is 18.2 Å². The zero-order valence-corrected chi connectivity index (χ0v) is 7.84. The summed E-state index contributed by atoms with van der Waals surface area (Å²) in [5.41, 5.74) is 1.21. The van der Waals surface area contributed by atoms with Gasteiger partial charge < -0.3 is 10.4 Å². The highest BCUT2D eigenvalue weighted by molar-refractivity contribution is 5.25. The van der Waals surface area contributed by atoms with Crippen LogP contribution in [0.1, 0.15) is 17.2 Å². The predicted octanol–water partition coefficient (Wildman–Crippen LogP) is 1.39. The smallest absolute Gasteiger partial charge is 0.126 e. The fourth-order valence-corrected chi connectivity index (χ4v) is 1.13. The van der Waals surface area contributed by atoms with Gasteiger partial charge in [-0.2, -0.15) is 0 Å². The van der Waals surface area contributed by atoms with Gasteiger partial charge in [0.25, 0.3) is 0 Å². The molecule has 0 heterocycles. The van der Waals surface area contributed by atoms with Crippen LogP contribution in [0.2, 0.25) is 0 Å². The van der Waals surface area contributed by atoms with Crippen molar-refractivity contribution < 1.29 is 9.50 Å². The van der Waals surface area contributed by atoms with E-state index in [4.69, 9.17) is 0 Å². The first-order valence-electron chi connectivity index (χ1n) is 4.24. The highest BCUT2D eigenvalue weighted by Gasteiger charge is 2.07. The average Bonchev–Trinajstić information content (AvgIpc) is 2.10. The molecule has 0 spiro atoms. The molecule has 0 amide bonds. The van der Waals surface area contributed by atoms with Crippen molar-refractivity contribution in [2.75, 3.05) is 13.6 Å². The molecule has 2 nitrogen and oxygen atoms in total. The first kappa shape index (κ1) is 10.2. The van der Waals surface area contributed by atoms with Gasteiger partial charge in [0, 0.05) is 6.54 Å². The molecule has 1 aromatic carbocycles. The minimum atomic E-state index is -0.639. The zero-order chi connectivity index (χ0) is 9.84. The van der Waals surface area contributed by atoms with E-state index >= 15 is 0 Å². The summed E-state index contributed by atoms with van der Waals surface area (Å²) >= 11 is 0. The van der Waals surface area contributed by atoms with Crippen molar-refractivity contribution in [3.05, 3.63) is 35.1 Å². The van der Waals surface area contributed by atoms with Crippen LogP contribution in [0.25, 0.3) is 0 Å². The highest BCUT2D eigenvalue weighted by atomic mass is 19.1. The molecule has 0 aromatic heterocycles. The van der Waals surface area contributed by atoms with E-state index in [0.29, 0.717) is 17.7 Å². The molecule has 0 aliphatic carbocycles. The van der Waals surface area contributed by atoms with Crippen molar-refractivity contribution in [2.45, 2.75) is 13.0 Å². The van der Waals surface area contributed by atoms with E-state index in [1.165, 1.54) is 6.07 Å². The van der Waals surface area contributed by atoms with E-state index < -0.39 is 6.10 Å². The van der Waals surface area contributed by atoms with Crippen LogP contribution in [-0.2, 0) is 0 Å². The second kappa shape index (κ2) is 4.35. The molecule has 0 saturated carbocycles. The van der Waals surface area contributed by atoms with Crippen LogP contribution in [0.4, 0.5) is 4.39 Å². The largest absolute Gasteiger partial charge is 0.387 e. The van der Waals surface area contributed by atoms with E-state index in [1.807, 2.05) is 0 Å². The first-order valence-corrected chi connectivity index (χ1v) is 4.24. The maximum Gasteiger partial charge on any atom is 0.126 e. The van der Waals surface area contributed by atoms with Gasteiger partial charge in [-0.25, -0.2) is 4.39 Å². The lowest BCUT2D eigenvalue weighted by Gasteiger charge is -2.10. The van der Waals surface area contributed by atoms with E-state index in [1.54, 1.807) is 26.1 Å². The summed E-state index contributed by atoms with van der Waals surface area (Å²) in [6.07, 6.45) is -0.639. The highest BCUT2D eigenvalue weighted by Crippen LogP contribution is 2.15. The maximum absolute atomic E-state index is 13.0. The third kappa shape index (κ3) is 2.50. The number of rotatable bonds is 3. The van der Waals surface area contributed by atoms with Gasteiger partial charge in [-0.15, -0.1) is 0 Å². The lowest BCUT2D eigenvalue weighted by molar-refractivity contribution is 0.177. The molecule has 1 aromatic rings. The molecule has 72 valence electrons. The molecule has 1 atom stereocenters. The van der Waals surface area contributed by atoms with Crippen LogP contribution in [0, 0.1) is 12.7 Å². The van der Waals surface area contributed by atoms with Crippen LogP contribution in [0.3, 0.4) is 0 Å². The molecule has 1 rings (SSSR count). The summed E-state index contributed by atoms with van der Waals surface area (Å²) in [5, 5.41) is 12.3. The summed E-state index contributed by atoms with van der Waals surface area (Å²) in [6.45, 7) is 2.13. The molecule has 0 saturated heterocycles. The van der Waals surface area contributed by atoms with Gasteiger partial charge >= 0.3 is 0 Å². The Labute approximate surface area is 77.4 Å². The average molecular weight is 183 g/mol. The van der Waals surface area contributed by atoms with Crippen LogP contribution < -0.4 is 5.32 Å². The summed E-state index contributed by atoms with van der Waals surface area (Å²) in [6, 6.07) is 4.78. The lowest BCUT2D eigenvalue weighted by Crippen LogP contribution is -2.16. The van der Waals surface area contributed by atoms with Gasteiger partial charge in [-0.3, -0.25) is 0 Å². The Morgan fingerprint density at radius 1 is 1.54 bits per heavy atom. The normalized spacial score (nSPS) is 12.9. The van der Waals surface area contributed by atoms with E-state index in [-0.39, 0.29) is 5.82 Å².